The number of aliphatic hydroxyl groups excluding tert-OH is 1. The quantitative estimate of drug-likeness (QED) is 0.875. The second-order valence-corrected chi connectivity index (χ2v) is 6.85. The largest absolute Gasteiger partial charge is 0.388 e. The molecule has 24 heavy (non-hydrogen) atoms. The van der Waals surface area contributed by atoms with E-state index in [1.807, 2.05) is 47.8 Å². The van der Waals surface area contributed by atoms with Crippen LogP contribution in [0.2, 0.25) is 0 Å². The number of benzene rings is 1. The number of carbonyl (C=O) groups excluding carboxylic acids is 1. The highest BCUT2D eigenvalue weighted by molar-refractivity contribution is 7.09. The topological polar surface area (TPSA) is 61.8 Å². The minimum atomic E-state index is -0.606. The fourth-order valence-electron chi connectivity index (χ4n) is 2.86. The minimum Gasteiger partial charge on any atom is -0.388 e. The Kier molecular flexibility index (Phi) is 5.85. The van der Waals surface area contributed by atoms with Crippen LogP contribution in [0.15, 0.2) is 47.8 Å². The summed E-state index contributed by atoms with van der Waals surface area (Å²) in [4.78, 5) is 15.4. The number of ether oxygens (including phenoxy) is 1. The Morgan fingerprint density at radius 3 is 2.92 bits per heavy atom. The van der Waals surface area contributed by atoms with Crippen LogP contribution in [0.5, 0.6) is 0 Å². The zero-order valence-corrected chi connectivity index (χ0v) is 14.2. The number of morpholine rings is 1. The Labute approximate surface area is 145 Å². The molecule has 0 bridgehead atoms. The Hall–Kier alpha value is -1.89. The summed E-state index contributed by atoms with van der Waals surface area (Å²) in [5.74, 6) is 0. The first-order valence-electron chi connectivity index (χ1n) is 8.11. The van der Waals surface area contributed by atoms with Crippen LogP contribution in [-0.2, 0) is 11.3 Å². The first-order valence-corrected chi connectivity index (χ1v) is 8.99. The molecule has 2 aromatic rings. The van der Waals surface area contributed by atoms with Gasteiger partial charge < -0.3 is 20.1 Å². The molecule has 0 radical (unpaired) electrons. The number of carbonyl (C=O) groups is 1. The smallest absolute Gasteiger partial charge is 0.318 e. The molecule has 2 atom stereocenters. The first-order chi connectivity index (χ1) is 11.7. The van der Waals surface area contributed by atoms with Crippen LogP contribution in [0, 0.1) is 0 Å². The normalized spacial score (nSPS) is 19.0. The highest BCUT2D eigenvalue weighted by atomic mass is 32.1. The summed E-state index contributed by atoms with van der Waals surface area (Å²) in [7, 11) is 0. The fourth-order valence-corrected chi connectivity index (χ4v) is 3.51. The minimum absolute atomic E-state index is 0.100. The number of hydrogen-bond acceptors (Lipinski definition) is 4. The standard InChI is InChI=1S/C18H22N2O3S/c21-17(14-5-2-1-3-6-14)11-15-13-23-9-8-20(15)18(22)19-12-16-7-4-10-24-16/h1-7,10,15,17,21H,8-9,11-13H2,(H,19,22)/t15-,17+/m1/s1. The Morgan fingerprint density at radius 2 is 2.17 bits per heavy atom. The van der Waals surface area contributed by atoms with Crippen LogP contribution < -0.4 is 5.32 Å². The number of thiophene rings is 1. The van der Waals surface area contributed by atoms with Gasteiger partial charge in [-0.05, 0) is 17.0 Å². The fraction of sp³-hybridized carbons (Fsp3) is 0.389. The third-order valence-electron chi connectivity index (χ3n) is 4.16. The van der Waals surface area contributed by atoms with Crippen LogP contribution in [-0.4, -0.2) is 41.8 Å². The maximum absolute atomic E-state index is 12.5. The molecule has 1 aliphatic rings. The molecule has 6 heteroatoms. The van der Waals surface area contributed by atoms with Crippen molar-refractivity contribution in [2.24, 2.45) is 0 Å². The van der Waals surface area contributed by atoms with Crippen molar-refractivity contribution in [1.29, 1.82) is 0 Å². The van der Waals surface area contributed by atoms with E-state index in [0.717, 1.165) is 10.4 Å². The molecule has 0 aliphatic carbocycles. The van der Waals surface area contributed by atoms with E-state index in [0.29, 0.717) is 32.7 Å². The average molecular weight is 346 g/mol. The summed E-state index contributed by atoms with van der Waals surface area (Å²) in [5.41, 5.74) is 0.863. The Morgan fingerprint density at radius 1 is 1.33 bits per heavy atom. The summed E-state index contributed by atoms with van der Waals surface area (Å²) >= 11 is 1.62. The molecular weight excluding hydrogens is 324 g/mol. The zero-order chi connectivity index (χ0) is 16.8. The van der Waals surface area contributed by atoms with Crippen LogP contribution in [0.3, 0.4) is 0 Å². The van der Waals surface area contributed by atoms with E-state index < -0.39 is 6.10 Å². The van der Waals surface area contributed by atoms with Crippen molar-refractivity contribution in [2.75, 3.05) is 19.8 Å². The third-order valence-corrected chi connectivity index (χ3v) is 5.04. The number of nitrogens with one attached hydrogen (secondary N) is 1. The molecule has 3 rings (SSSR count). The molecule has 0 saturated carbocycles. The van der Waals surface area contributed by atoms with E-state index in [1.54, 1.807) is 16.2 Å². The number of hydrogen-bond donors (Lipinski definition) is 2. The van der Waals surface area contributed by atoms with Gasteiger partial charge in [0.1, 0.15) is 0 Å². The number of urea groups is 1. The van der Waals surface area contributed by atoms with E-state index in [-0.39, 0.29) is 12.1 Å². The van der Waals surface area contributed by atoms with Crippen LogP contribution in [0.4, 0.5) is 4.79 Å². The van der Waals surface area contributed by atoms with Crippen molar-refractivity contribution in [3.05, 3.63) is 58.3 Å². The number of nitrogens with zero attached hydrogens (tertiary/aromatic N) is 1. The molecule has 128 valence electrons. The first kappa shape index (κ1) is 17.0. The van der Waals surface area contributed by atoms with Gasteiger partial charge >= 0.3 is 6.03 Å². The van der Waals surface area contributed by atoms with E-state index in [4.69, 9.17) is 4.74 Å². The Bertz CT molecular complexity index is 633. The van der Waals surface area contributed by atoms with E-state index in [2.05, 4.69) is 5.32 Å². The van der Waals surface area contributed by atoms with Crippen LogP contribution in [0.1, 0.15) is 23.0 Å². The van der Waals surface area contributed by atoms with E-state index in [9.17, 15) is 9.90 Å². The van der Waals surface area contributed by atoms with Crippen molar-refractivity contribution < 1.29 is 14.6 Å². The van der Waals surface area contributed by atoms with Gasteiger partial charge in [-0.2, -0.15) is 0 Å². The molecule has 0 spiro atoms. The second-order valence-electron chi connectivity index (χ2n) is 5.82. The summed E-state index contributed by atoms with van der Waals surface area (Å²) in [5, 5.41) is 15.4. The number of rotatable bonds is 5. The van der Waals surface area contributed by atoms with Crippen molar-refractivity contribution in [3.63, 3.8) is 0 Å². The molecule has 5 nitrogen and oxygen atoms in total. The van der Waals surface area contributed by atoms with Crippen molar-refractivity contribution in [2.45, 2.75) is 25.1 Å². The van der Waals surface area contributed by atoms with E-state index in [1.165, 1.54) is 0 Å². The van der Waals surface area contributed by atoms with Gasteiger partial charge in [0.05, 0.1) is 31.9 Å². The molecule has 1 fully saturated rings. The second kappa shape index (κ2) is 8.28. The number of aliphatic hydroxyl groups is 1. The molecule has 2 amide bonds. The molecular formula is C18H22N2O3S. The molecule has 1 saturated heterocycles. The lowest BCUT2D eigenvalue weighted by Crippen LogP contribution is -2.52. The van der Waals surface area contributed by atoms with Gasteiger partial charge in [0, 0.05) is 17.8 Å². The molecule has 1 aliphatic heterocycles. The summed E-state index contributed by atoms with van der Waals surface area (Å²) in [6.45, 7) is 2.06. The zero-order valence-electron chi connectivity index (χ0n) is 13.4. The highest BCUT2D eigenvalue weighted by Gasteiger charge is 2.29. The Balaban J connectivity index is 1.59. The van der Waals surface area contributed by atoms with Crippen LogP contribution >= 0.6 is 11.3 Å². The molecule has 0 unspecified atom stereocenters. The van der Waals surface area contributed by atoms with Gasteiger partial charge in [0.25, 0.3) is 0 Å². The van der Waals surface area contributed by atoms with E-state index >= 15 is 0 Å². The van der Waals surface area contributed by atoms with Crippen LogP contribution in [0.25, 0.3) is 0 Å². The van der Waals surface area contributed by atoms with Crippen molar-refractivity contribution in [3.8, 4) is 0 Å². The van der Waals surface area contributed by atoms with Gasteiger partial charge in [-0.1, -0.05) is 36.4 Å². The predicted molar refractivity (Wildman–Crippen MR) is 93.9 cm³/mol. The van der Waals surface area contributed by atoms with Crippen molar-refractivity contribution >= 4 is 17.4 Å². The lowest BCUT2D eigenvalue weighted by molar-refractivity contribution is -0.00697. The average Bonchev–Trinajstić information content (AvgIpc) is 3.14. The van der Waals surface area contributed by atoms with Gasteiger partial charge in [-0.25, -0.2) is 4.79 Å². The summed E-state index contributed by atoms with van der Waals surface area (Å²) in [6, 6.07) is 13.3. The molecule has 1 aromatic heterocycles. The van der Waals surface area contributed by atoms with Gasteiger partial charge in [0.15, 0.2) is 0 Å². The molecule has 2 N–H and O–H groups in total. The van der Waals surface area contributed by atoms with Gasteiger partial charge in [-0.15, -0.1) is 11.3 Å². The maximum Gasteiger partial charge on any atom is 0.318 e. The van der Waals surface area contributed by atoms with Crippen molar-refractivity contribution in [1.82, 2.24) is 10.2 Å². The predicted octanol–water partition coefficient (Wildman–Crippen LogP) is 2.78. The summed E-state index contributed by atoms with van der Waals surface area (Å²) < 4.78 is 5.52. The lowest BCUT2D eigenvalue weighted by atomic mass is 10.0. The SMILES string of the molecule is O=C(NCc1cccs1)N1CCOC[C@H]1C[C@H](O)c1ccccc1. The lowest BCUT2D eigenvalue weighted by Gasteiger charge is -2.36. The number of amides is 2. The highest BCUT2D eigenvalue weighted by Crippen LogP contribution is 2.22. The summed E-state index contributed by atoms with van der Waals surface area (Å²) in [6.07, 6.45) is -0.137. The maximum atomic E-state index is 12.5. The molecule has 2 heterocycles. The monoisotopic (exact) mass is 346 g/mol. The third kappa shape index (κ3) is 4.35. The molecule has 1 aromatic carbocycles. The van der Waals surface area contributed by atoms with Gasteiger partial charge in [0.2, 0.25) is 0 Å². The van der Waals surface area contributed by atoms with Gasteiger partial charge in [-0.3, -0.25) is 0 Å².